The summed E-state index contributed by atoms with van der Waals surface area (Å²) in [4.78, 5) is 20.2. The third-order valence-electron chi connectivity index (χ3n) is 3.53. The van der Waals surface area contributed by atoms with E-state index in [1.54, 1.807) is 12.5 Å². The smallest absolute Gasteiger partial charge is 0.224 e. The minimum atomic E-state index is 0.198. The molecule has 0 bridgehead atoms. The molecule has 6 nitrogen and oxygen atoms in total. The highest BCUT2D eigenvalue weighted by molar-refractivity contribution is 5.75. The van der Waals surface area contributed by atoms with Crippen LogP contribution in [0.4, 0.5) is 0 Å². The number of nitrogens with zero attached hydrogens (tertiary/aromatic N) is 4. The number of hydrogen-bond donors (Lipinski definition) is 1. The largest absolute Gasteiger partial charge is 0.344 e. The topological polar surface area (TPSA) is 53.4 Å². The van der Waals surface area contributed by atoms with Gasteiger partial charge in [-0.25, -0.2) is 4.98 Å². The van der Waals surface area contributed by atoms with Gasteiger partial charge in [0.15, 0.2) is 0 Å². The van der Waals surface area contributed by atoms with E-state index in [1.165, 1.54) is 0 Å². The standard InChI is InChI=1S/C13H23N5O/c1-16(10-11-17-7-3-14-4-8-17)13(19)2-6-18-9-5-15-12-18/h5,9,12,14H,2-4,6-8,10-11H2,1H3. The monoisotopic (exact) mass is 265 g/mol. The Morgan fingerprint density at radius 1 is 1.37 bits per heavy atom. The summed E-state index contributed by atoms with van der Waals surface area (Å²) in [5, 5.41) is 3.33. The molecular formula is C13H23N5O. The molecule has 0 saturated carbocycles. The van der Waals surface area contributed by atoms with Crippen LogP contribution in [0.15, 0.2) is 18.7 Å². The lowest BCUT2D eigenvalue weighted by Crippen LogP contribution is -2.46. The average molecular weight is 265 g/mol. The van der Waals surface area contributed by atoms with Gasteiger partial charge < -0.3 is 14.8 Å². The predicted molar refractivity (Wildman–Crippen MR) is 73.8 cm³/mol. The molecule has 0 atom stereocenters. The molecule has 1 aromatic heterocycles. The van der Waals surface area contributed by atoms with Crippen LogP contribution >= 0.6 is 0 Å². The second-order valence-corrected chi connectivity index (χ2v) is 4.96. The first-order valence-corrected chi connectivity index (χ1v) is 6.88. The minimum absolute atomic E-state index is 0.198. The van der Waals surface area contributed by atoms with Gasteiger partial charge in [0, 0.05) is 71.7 Å². The van der Waals surface area contributed by atoms with Crippen LogP contribution in [0, 0.1) is 0 Å². The van der Waals surface area contributed by atoms with E-state index in [4.69, 9.17) is 0 Å². The second-order valence-electron chi connectivity index (χ2n) is 4.96. The van der Waals surface area contributed by atoms with E-state index in [9.17, 15) is 4.79 Å². The highest BCUT2D eigenvalue weighted by atomic mass is 16.2. The summed E-state index contributed by atoms with van der Waals surface area (Å²) in [7, 11) is 1.89. The normalized spacial score (nSPS) is 16.5. The van der Waals surface area contributed by atoms with Crippen LogP contribution in [0.25, 0.3) is 0 Å². The Morgan fingerprint density at radius 2 is 2.16 bits per heavy atom. The number of rotatable bonds is 6. The Bertz CT molecular complexity index is 372. The summed E-state index contributed by atoms with van der Waals surface area (Å²) in [6, 6.07) is 0. The molecule has 0 unspecified atom stereocenters. The van der Waals surface area contributed by atoms with Crippen LogP contribution < -0.4 is 5.32 Å². The zero-order valence-electron chi connectivity index (χ0n) is 11.6. The number of likely N-dealkylation sites (N-methyl/N-ethyl adjacent to an activating group) is 1. The maximum atomic E-state index is 12.0. The first-order valence-electron chi connectivity index (χ1n) is 6.88. The number of carbonyl (C=O) groups is 1. The lowest BCUT2D eigenvalue weighted by atomic mass is 10.3. The lowest BCUT2D eigenvalue weighted by molar-refractivity contribution is -0.130. The van der Waals surface area contributed by atoms with E-state index in [0.717, 1.165) is 39.3 Å². The molecule has 1 N–H and O–H groups in total. The van der Waals surface area contributed by atoms with Crippen molar-refractivity contribution in [2.75, 3.05) is 46.3 Å². The molecule has 1 aliphatic rings. The van der Waals surface area contributed by atoms with Crippen molar-refractivity contribution < 1.29 is 4.79 Å². The number of imidazole rings is 1. The molecule has 1 amide bonds. The predicted octanol–water partition coefficient (Wildman–Crippen LogP) is -0.363. The molecule has 19 heavy (non-hydrogen) atoms. The fourth-order valence-corrected chi connectivity index (χ4v) is 2.19. The number of piperazine rings is 1. The molecule has 2 heterocycles. The van der Waals surface area contributed by atoms with Crippen molar-refractivity contribution >= 4 is 5.91 Å². The number of aromatic nitrogens is 2. The summed E-state index contributed by atoms with van der Waals surface area (Å²) in [6.07, 6.45) is 5.90. The Labute approximate surface area is 114 Å². The molecule has 1 saturated heterocycles. The summed E-state index contributed by atoms with van der Waals surface area (Å²) in [5.74, 6) is 0.198. The summed E-state index contributed by atoms with van der Waals surface area (Å²) in [5.41, 5.74) is 0. The number of aryl methyl sites for hydroxylation is 1. The SMILES string of the molecule is CN(CCN1CCNCC1)C(=O)CCn1ccnc1. The quantitative estimate of drug-likeness (QED) is 0.763. The molecular weight excluding hydrogens is 242 g/mol. The first-order chi connectivity index (χ1) is 9.25. The van der Waals surface area contributed by atoms with Crippen molar-refractivity contribution in [2.24, 2.45) is 0 Å². The van der Waals surface area contributed by atoms with Gasteiger partial charge in [0.25, 0.3) is 0 Å². The first kappa shape index (κ1) is 14.0. The van der Waals surface area contributed by atoms with Crippen LogP contribution in [0.1, 0.15) is 6.42 Å². The fraction of sp³-hybridized carbons (Fsp3) is 0.692. The zero-order valence-corrected chi connectivity index (χ0v) is 11.6. The number of hydrogen-bond acceptors (Lipinski definition) is 4. The maximum Gasteiger partial charge on any atom is 0.224 e. The van der Waals surface area contributed by atoms with Gasteiger partial charge in [-0.05, 0) is 0 Å². The molecule has 0 spiro atoms. The van der Waals surface area contributed by atoms with Gasteiger partial charge in [-0.3, -0.25) is 9.69 Å². The Balaban J connectivity index is 1.64. The van der Waals surface area contributed by atoms with Crippen LogP contribution in [-0.4, -0.2) is 71.6 Å². The third-order valence-corrected chi connectivity index (χ3v) is 3.53. The molecule has 0 aliphatic carbocycles. The second kappa shape index (κ2) is 7.25. The van der Waals surface area contributed by atoms with Crippen molar-refractivity contribution in [1.82, 2.24) is 24.7 Å². The van der Waals surface area contributed by atoms with Crippen LogP contribution in [0.5, 0.6) is 0 Å². The number of amides is 1. The van der Waals surface area contributed by atoms with Crippen molar-refractivity contribution in [3.05, 3.63) is 18.7 Å². The summed E-state index contributed by atoms with van der Waals surface area (Å²) in [6.45, 7) is 6.75. The van der Waals surface area contributed by atoms with Crippen LogP contribution in [0.3, 0.4) is 0 Å². The van der Waals surface area contributed by atoms with E-state index in [1.807, 2.05) is 22.7 Å². The number of carbonyl (C=O) groups excluding carboxylic acids is 1. The molecule has 0 radical (unpaired) electrons. The summed E-state index contributed by atoms with van der Waals surface area (Å²) >= 11 is 0. The summed E-state index contributed by atoms with van der Waals surface area (Å²) < 4.78 is 1.93. The van der Waals surface area contributed by atoms with Gasteiger partial charge in [-0.2, -0.15) is 0 Å². The van der Waals surface area contributed by atoms with Crippen molar-refractivity contribution in [2.45, 2.75) is 13.0 Å². The fourth-order valence-electron chi connectivity index (χ4n) is 2.19. The third kappa shape index (κ3) is 4.65. The molecule has 0 aromatic carbocycles. The number of nitrogens with one attached hydrogen (secondary N) is 1. The Morgan fingerprint density at radius 3 is 2.84 bits per heavy atom. The molecule has 6 heteroatoms. The van der Waals surface area contributed by atoms with E-state index < -0.39 is 0 Å². The van der Waals surface area contributed by atoms with Crippen LogP contribution in [0.2, 0.25) is 0 Å². The van der Waals surface area contributed by atoms with Crippen molar-refractivity contribution in [1.29, 1.82) is 0 Å². The van der Waals surface area contributed by atoms with E-state index in [2.05, 4.69) is 15.2 Å². The van der Waals surface area contributed by atoms with Gasteiger partial charge in [0.05, 0.1) is 6.33 Å². The highest BCUT2D eigenvalue weighted by Crippen LogP contribution is 1.98. The van der Waals surface area contributed by atoms with Gasteiger partial charge in [0.1, 0.15) is 0 Å². The Kier molecular flexibility index (Phi) is 5.35. The minimum Gasteiger partial charge on any atom is -0.344 e. The van der Waals surface area contributed by atoms with Gasteiger partial charge in [0.2, 0.25) is 5.91 Å². The van der Waals surface area contributed by atoms with Gasteiger partial charge in [-0.1, -0.05) is 0 Å². The maximum absolute atomic E-state index is 12.0. The molecule has 106 valence electrons. The van der Waals surface area contributed by atoms with Crippen LogP contribution in [-0.2, 0) is 11.3 Å². The zero-order chi connectivity index (χ0) is 13.5. The van der Waals surface area contributed by atoms with E-state index in [-0.39, 0.29) is 5.91 Å². The lowest BCUT2D eigenvalue weighted by Gasteiger charge is -2.29. The van der Waals surface area contributed by atoms with E-state index >= 15 is 0 Å². The molecule has 2 rings (SSSR count). The molecule has 1 aliphatic heterocycles. The highest BCUT2D eigenvalue weighted by Gasteiger charge is 2.12. The molecule has 1 aromatic rings. The van der Waals surface area contributed by atoms with Crippen molar-refractivity contribution in [3.8, 4) is 0 Å². The van der Waals surface area contributed by atoms with Gasteiger partial charge in [-0.15, -0.1) is 0 Å². The molecule has 1 fully saturated rings. The van der Waals surface area contributed by atoms with Crippen molar-refractivity contribution in [3.63, 3.8) is 0 Å². The van der Waals surface area contributed by atoms with E-state index in [0.29, 0.717) is 13.0 Å². The average Bonchev–Trinajstić information content (AvgIpc) is 2.96. The van der Waals surface area contributed by atoms with Gasteiger partial charge >= 0.3 is 0 Å². The Hall–Kier alpha value is -1.40.